The van der Waals surface area contributed by atoms with Crippen molar-refractivity contribution < 1.29 is 23.9 Å². The summed E-state index contributed by atoms with van der Waals surface area (Å²) < 4.78 is 5.40. The molecule has 0 fully saturated rings. The van der Waals surface area contributed by atoms with Gasteiger partial charge in [-0.2, -0.15) is 0 Å². The number of carbonyl (C=O) groups excluding carboxylic acids is 4. The lowest BCUT2D eigenvalue weighted by atomic mass is 9.95. The Labute approximate surface area is 266 Å². The Morgan fingerprint density at radius 3 is 2.11 bits per heavy atom. The minimum absolute atomic E-state index is 0.347. The van der Waals surface area contributed by atoms with Crippen LogP contribution in [0.3, 0.4) is 0 Å². The zero-order chi connectivity index (χ0) is 33.3. The number of amides is 4. The first-order valence-corrected chi connectivity index (χ1v) is 15.7. The number of hydrogen-bond acceptors (Lipinski definition) is 5. The number of anilines is 1. The highest BCUT2D eigenvalue weighted by Crippen LogP contribution is 2.30. The number of hydrogen-bond donors (Lipinski definition) is 3. The van der Waals surface area contributed by atoms with Crippen molar-refractivity contribution in [3.63, 3.8) is 0 Å². The van der Waals surface area contributed by atoms with Crippen LogP contribution in [0.5, 0.6) is 0 Å². The van der Waals surface area contributed by atoms with Crippen molar-refractivity contribution >= 4 is 40.3 Å². The zero-order valence-electron chi connectivity index (χ0n) is 27.6. The van der Waals surface area contributed by atoms with E-state index in [9.17, 15) is 19.2 Å². The normalized spacial score (nSPS) is 13.5. The van der Waals surface area contributed by atoms with Gasteiger partial charge in [0.15, 0.2) is 0 Å². The summed E-state index contributed by atoms with van der Waals surface area (Å²) in [4.78, 5) is 55.3. The van der Waals surface area contributed by atoms with Crippen LogP contribution in [0.25, 0.3) is 10.8 Å². The van der Waals surface area contributed by atoms with Gasteiger partial charge < -0.3 is 26.0 Å². The van der Waals surface area contributed by atoms with Gasteiger partial charge in [-0.05, 0) is 86.9 Å². The molecule has 0 aliphatic heterocycles. The standard InChI is InChI=1S/C36H48N4O5/c1-8-25-15-17-27(18-16-25)32(33(42)38-29-20-19-26-11-9-10-12-28(26)21-29)40(24(4)14-13-23(2)3)34(43)30(22-31(37)41)39-35(44)45-36(5,6)7/h9-12,15-21,23-24,30,32H,8,13-14,22H2,1-7H3,(H2,37,41)(H,38,42)(H,39,44). The molecule has 9 nitrogen and oxygen atoms in total. The molecule has 4 N–H and O–H groups in total. The molecule has 0 saturated heterocycles. The van der Waals surface area contributed by atoms with E-state index in [-0.39, 0.29) is 0 Å². The van der Waals surface area contributed by atoms with E-state index in [1.54, 1.807) is 20.8 Å². The molecule has 242 valence electrons. The van der Waals surface area contributed by atoms with Gasteiger partial charge in [-0.25, -0.2) is 4.79 Å². The largest absolute Gasteiger partial charge is 0.444 e. The first-order valence-electron chi connectivity index (χ1n) is 15.7. The maximum atomic E-state index is 14.5. The van der Waals surface area contributed by atoms with E-state index < -0.39 is 54.0 Å². The Balaban J connectivity index is 2.11. The minimum Gasteiger partial charge on any atom is -0.444 e. The fourth-order valence-electron chi connectivity index (χ4n) is 5.20. The first-order chi connectivity index (χ1) is 21.2. The molecule has 3 aromatic carbocycles. The average molecular weight is 617 g/mol. The Morgan fingerprint density at radius 2 is 1.53 bits per heavy atom. The number of primary amides is 1. The van der Waals surface area contributed by atoms with Crippen molar-refractivity contribution in [1.82, 2.24) is 10.2 Å². The van der Waals surface area contributed by atoms with Crippen LogP contribution in [0, 0.1) is 5.92 Å². The summed E-state index contributed by atoms with van der Waals surface area (Å²) in [5.41, 5.74) is 6.98. The molecule has 3 aromatic rings. The third-order valence-electron chi connectivity index (χ3n) is 7.53. The molecule has 45 heavy (non-hydrogen) atoms. The molecule has 4 amide bonds. The summed E-state index contributed by atoms with van der Waals surface area (Å²) in [5.74, 6) is -1.45. The van der Waals surface area contributed by atoms with E-state index in [1.807, 2.05) is 80.6 Å². The van der Waals surface area contributed by atoms with Crippen LogP contribution in [0.15, 0.2) is 66.7 Å². The number of benzene rings is 3. The first kappa shape index (κ1) is 35.1. The number of carbonyl (C=O) groups is 4. The second-order valence-corrected chi connectivity index (χ2v) is 13.0. The van der Waals surface area contributed by atoms with Crippen LogP contribution in [-0.2, 0) is 25.5 Å². The highest BCUT2D eigenvalue weighted by Gasteiger charge is 2.39. The smallest absolute Gasteiger partial charge is 0.408 e. The molecule has 3 rings (SSSR count). The molecule has 0 saturated carbocycles. The number of ether oxygens (including phenoxy) is 1. The molecule has 0 aliphatic carbocycles. The number of nitrogens with zero attached hydrogens (tertiary/aromatic N) is 1. The van der Waals surface area contributed by atoms with Crippen molar-refractivity contribution in [2.75, 3.05) is 5.32 Å². The number of nitrogens with one attached hydrogen (secondary N) is 2. The zero-order valence-corrected chi connectivity index (χ0v) is 27.6. The van der Waals surface area contributed by atoms with Gasteiger partial charge in [0.2, 0.25) is 11.8 Å². The predicted octanol–water partition coefficient (Wildman–Crippen LogP) is 6.50. The summed E-state index contributed by atoms with van der Waals surface area (Å²) in [7, 11) is 0. The molecule has 0 radical (unpaired) electrons. The number of rotatable bonds is 13. The van der Waals surface area contributed by atoms with E-state index in [0.717, 1.165) is 29.2 Å². The van der Waals surface area contributed by atoms with Crippen LogP contribution in [0.2, 0.25) is 0 Å². The Morgan fingerprint density at radius 1 is 0.889 bits per heavy atom. The van der Waals surface area contributed by atoms with E-state index in [0.29, 0.717) is 23.6 Å². The molecular formula is C36H48N4O5. The highest BCUT2D eigenvalue weighted by atomic mass is 16.6. The molecule has 3 unspecified atom stereocenters. The lowest BCUT2D eigenvalue weighted by molar-refractivity contribution is -0.144. The van der Waals surface area contributed by atoms with Gasteiger partial charge in [-0.15, -0.1) is 0 Å². The maximum Gasteiger partial charge on any atom is 0.408 e. The van der Waals surface area contributed by atoms with Gasteiger partial charge in [0, 0.05) is 11.7 Å². The Hall–Kier alpha value is -4.40. The van der Waals surface area contributed by atoms with E-state index in [2.05, 4.69) is 24.5 Å². The topological polar surface area (TPSA) is 131 Å². The van der Waals surface area contributed by atoms with Crippen molar-refractivity contribution in [3.8, 4) is 0 Å². The monoisotopic (exact) mass is 616 g/mol. The lowest BCUT2D eigenvalue weighted by Gasteiger charge is -2.38. The number of fused-ring (bicyclic) bond motifs is 1. The van der Waals surface area contributed by atoms with Gasteiger partial charge in [0.25, 0.3) is 5.91 Å². The molecule has 0 heterocycles. The number of alkyl carbamates (subject to hydrolysis) is 1. The third-order valence-corrected chi connectivity index (χ3v) is 7.53. The molecule has 9 heteroatoms. The second-order valence-electron chi connectivity index (χ2n) is 13.0. The molecule has 0 spiro atoms. The fraction of sp³-hybridized carbons (Fsp3) is 0.444. The van der Waals surface area contributed by atoms with E-state index in [4.69, 9.17) is 10.5 Å². The van der Waals surface area contributed by atoms with Crippen molar-refractivity contribution in [3.05, 3.63) is 77.9 Å². The van der Waals surface area contributed by atoms with Crippen LogP contribution < -0.4 is 16.4 Å². The summed E-state index contributed by atoms with van der Waals surface area (Å²) in [5, 5.41) is 7.57. The van der Waals surface area contributed by atoms with Gasteiger partial charge >= 0.3 is 6.09 Å². The van der Waals surface area contributed by atoms with Gasteiger partial charge in [-0.1, -0.05) is 75.4 Å². The summed E-state index contributed by atoms with van der Waals surface area (Å²) in [6.45, 7) is 13.2. The van der Waals surface area contributed by atoms with Crippen molar-refractivity contribution in [1.29, 1.82) is 0 Å². The lowest BCUT2D eigenvalue weighted by Crippen LogP contribution is -2.55. The van der Waals surface area contributed by atoms with Crippen LogP contribution in [-0.4, -0.2) is 46.4 Å². The molecule has 3 atom stereocenters. The average Bonchev–Trinajstić information content (AvgIpc) is 2.96. The van der Waals surface area contributed by atoms with Crippen LogP contribution >= 0.6 is 0 Å². The van der Waals surface area contributed by atoms with E-state index in [1.165, 1.54) is 4.90 Å². The van der Waals surface area contributed by atoms with Crippen LogP contribution in [0.4, 0.5) is 10.5 Å². The molecule has 0 aromatic heterocycles. The summed E-state index contributed by atoms with van der Waals surface area (Å²) in [6.07, 6.45) is 0.868. The minimum atomic E-state index is -1.34. The van der Waals surface area contributed by atoms with Crippen LogP contribution in [0.1, 0.15) is 84.9 Å². The fourth-order valence-corrected chi connectivity index (χ4v) is 5.20. The number of nitrogens with two attached hydrogens (primary N) is 1. The predicted molar refractivity (Wildman–Crippen MR) is 178 cm³/mol. The quantitative estimate of drug-likeness (QED) is 0.202. The molecular weight excluding hydrogens is 568 g/mol. The third kappa shape index (κ3) is 10.3. The maximum absolute atomic E-state index is 14.5. The number of aryl methyl sites for hydroxylation is 1. The summed E-state index contributed by atoms with van der Waals surface area (Å²) >= 11 is 0. The van der Waals surface area contributed by atoms with Gasteiger partial charge in [-0.3, -0.25) is 14.4 Å². The highest BCUT2D eigenvalue weighted by molar-refractivity contribution is 6.01. The molecule has 0 aliphatic rings. The van der Waals surface area contributed by atoms with Gasteiger partial charge in [0.1, 0.15) is 17.7 Å². The van der Waals surface area contributed by atoms with E-state index >= 15 is 0 Å². The SMILES string of the molecule is CCc1ccc(C(C(=O)Nc2ccc3ccccc3c2)N(C(=O)C(CC(N)=O)NC(=O)OC(C)(C)C)C(C)CCC(C)C)cc1. The van der Waals surface area contributed by atoms with Gasteiger partial charge in [0.05, 0.1) is 6.42 Å². The Kier molecular flexibility index (Phi) is 12.1. The second kappa shape index (κ2) is 15.5. The van der Waals surface area contributed by atoms with Crippen molar-refractivity contribution in [2.24, 2.45) is 11.7 Å². The molecule has 0 bridgehead atoms. The summed E-state index contributed by atoms with van der Waals surface area (Å²) in [6, 6.07) is 18.2. The van der Waals surface area contributed by atoms with Crippen molar-refractivity contribution in [2.45, 2.75) is 97.9 Å². The Bertz CT molecular complexity index is 1480.